The lowest BCUT2D eigenvalue weighted by molar-refractivity contribution is -0.118. The van der Waals surface area contributed by atoms with Crippen LogP contribution in [-0.4, -0.2) is 67.1 Å². The molecule has 238 valence electrons. The number of anilines is 1. The number of nitrogens with one attached hydrogen (secondary N) is 2. The highest BCUT2D eigenvalue weighted by Gasteiger charge is 2.31. The molecular formula is C31H41N5O6S2. The van der Waals surface area contributed by atoms with Crippen molar-refractivity contribution in [2.75, 3.05) is 25.5 Å². The van der Waals surface area contributed by atoms with Crippen LogP contribution in [0, 0.1) is 5.92 Å². The van der Waals surface area contributed by atoms with E-state index in [1.165, 1.54) is 11.3 Å². The lowest BCUT2D eigenvalue weighted by atomic mass is 9.87. The first kappa shape index (κ1) is 32.1. The standard InChI is InChI=1S/C31H41N5O6S2/c1-31(2,3)42-30(38)36-17-7-10-22(19-36)35-44(39,40)23-13-11-21(12-14-23)24(18-20-8-5-6-9-20)27(37)34-29-32-25-15-16-26(41-4)33-28(25)43-29/h11-16,20,22,24,35H,5-10,17-19H2,1-4H3,(H,32,34,37)/t22-,24?/m0/s1. The summed E-state index contributed by atoms with van der Waals surface area (Å²) >= 11 is 1.28. The molecule has 2 amide bonds. The molecule has 1 aromatic carbocycles. The Labute approximate surface area is 262 Å². The zero-order valence-corrected chi connectivity index (χ0v) is 27.3. The molecule has 0 spiro atoms. The summed E-state index contributed by atoms with van der Waals surface area (Å²) in [6.45, 7) is 6.17. The average Bonchev–Trinajstić information content (AvgIpc) is 3.64. The Balaban J connectivity index is 1.29. The number of nitrogens with zero attached hydrogens (tertiary/aromatic N) is 3. The molecule has 1 saturated carbocycles. The second kappa shape index (κ2) is 13.4. The normalized spacial score (nSPS) is 18.7. The quantitative estimate of drug-likeness (QED) is 0.304. The predicted octanol–water partition coefficient (Wildman–Crippen LogP) is 5.68. The number of rotatable bonds is 9. The van der Waals surface area contributed by atoms with Gasteiger partial charge in [0.2, 0.25) is 21.8 Å². The third kappa shape index (κ3) is 8.05. The van der Waals surface area contributed by atoms with Gasteiger partial charge in [-0.05, 0) is 69.7 Å². The summed E-state index contributed by atoms with van der Waals surface area (Å²) in [4.78, 5) is 37.5. The summed E-state index contributed by atoms with van der Waals surface area (Å²) in [5.74, 6) is 0.266. The highest BCUT2D eigenvalue weighted by atomic mass is 32.2. The van der Waals surface area contributed by atoms with Crippen LogP contribution in [0.5, 0.6) is 5.88 Å². The van der Waals surface area contributed by atoms with Crippen molar-refractivity contribution in [3.8, 4) is 5.88 Å². The van der Waals surface area contributed by atoms with Gasteiger partial charge in [-0.15, -0.1) is 0 Å². The Hall–Kier alpha value is -3.29. The molecule has 3 heterocycles. The maximum atomic E-state index is 13.7. The topological polar surface area (TPSA) is 140 Å². The number of sulfonamides is 1. The van der Waals surface area contributed by atoms with E-state index in [1.54, 1.807) is 69.2 Å². The highest BCUT2D eigenvalue weighted by Crippen LogP contribution is 2.36. The van der Waals surface area contributed by atoms with Gasteiger partial charge in [0.05, 0.1) is 17.9 Å². The number of fused-ring (bicyclic) bond motifs is 1. The van der Waals surface area contributed by atoms with E-state index in [-0.39, 0.29) is 17.3 Å². The van der Waals surface area contributed by atoms with Gasteiger partial charge in [0.25, 0.3) is 0 Å². The largest absolute Gasteiger partial charge is 0.481 e. The number of benzene rings is 1. The Morgan fingerprint density at radius 1 is 1.05 bits per heavy atom. The minimum absolute atomic E-state index is 0.113. The summed E-state index contributed by atoms with van der Waals surface area (Å²) in [5, 5.41) is 3.44. The summed E-state index contributed by atoms with van der Waals surface area (Å²) in [5.41, 5.74) is 0.799. The van der Waals surface area contributed by atoms with Crippen LogP contribution in [0.15, 0.2) is 41.3 Å². The van der Waals surface area contributed by atoms with Crippen molar-refractivity contribution in [1.29, 1.82) is 0 Å². The molecule has 2 N–H and O–H groups in total. The first-order valence-corrected chi connectivity index (χ1v) is 17.4. The lowest BCUT2D eigenvalue weighted by Gasteiger charge is -2.34. The van der Waals surface area contributed by atoms with Gasteiger partial charge in [-0.3, -0.25) is 4.79 Å². The number of piperidine rings is 1. The Bertz CT molecular complexity index is 1580. The first-order chi connectivity index (χ1) is 20.9. The molecule has 2 aliphatic rings. The number of carbonyl (C=O) groups is 2. The summed E-state index contributed by atoms with van der Waals surface area (Å²) in [6, 6.07) is 9.67. The van der Waals surface area contributed by atoms with E-state index >= 15 is 0 Å². The molecule has 2 atom stereocenters. The number of amides is 2. The van der Waals surface area contributed by atoms with Crippen LogP contribution < -0.4 is 14.8 Å². The van der Waals surface area contributed by atoms with Crippen molar-refractivity contribution >= 4 is 48.8 Å². The number of hydrogen-bond donors (Lipinski definition) is 2. The lowest BCUT2D eigenvalue weighted by Crippen LogP contribution is -2.50. The molecule has 0 radical (unpaired) electrons. The van der Waals surface area contributed by atoms with E-state index in [1.807, 2.05) is 0 Å². The number of aromatic nitrogens is 2. The second-order valence-corrected chi connectivity index (χ2v) is 15.3. The van der Waals surface area contributed by atoms with Gasteiger partial charge in [0.15, 0.2) is 5.13 Å². The zero-order valence-electron chi connectivity index (χ0n) is 25.7. The van der Waals surface area contributed by atoms with Crippen molar-refractivity contribution in [1.82, 2.24) is 19.6 Å². The molecule has 2 aromatic heterocycles. The van der Waals surface area contributed by atoms with Crippen LogP contribution in [0.25, 0.3) is 10.3 Å². The SMILES string of the molecule is COc1ccc2nc(NC(=O)C(CC3CCCC3)c3ccc(S(=O)(=O)N[C@H]4CCCN(C(=O)OC(C)(C)C)C4)cc3)sc2n1. The van der Waals surface area contributed by atoms with E-state index in [2.05, 4.69) is 20.0 Å². The van der Waals surface area contributed by atoms with Gasteiger partial charge in [-0.25, -0.2) is 27.9 Å². The molecule has 1 aliphatic carbocycles. The molecule has 2 fully saturated rings. The number of likely N-dealkylation sites (tertiary alicyclic amines) is 1. The van der Waals surface area contributed by atoms with Gasteiger partial charge in [-0.2, -0.15) is 0 Å². The monoisotopic (exact) mass is 643 g/mol. The van der Waals surface area contributed by atoms with Gasteiger partial charge < -0.3 is 19.7 Å². The van der Waals surface area contributed by atoms with Crippen molar-refractivity contribution in [3.05, 3.63) is 42.0 Å². The average molecular weight is 644 g/mol. The molecule has 13 heteroatoms. The van der Waals surface area contributed by atoms with Crippen LogP contribution in [0.4, 0.5) is 9.93 Å². The third-order valence-corrected chi connectivity index (χ3v) is 10.4. The number of methoxy groups -OCH3 is 1. The number of hydrogen-bond acceptors (Lipinski definition) is 9. The van der Waals surface area contributed by atoms with Crippen molar-refractivity contribution in [3.63, 3.8) is 0 Å². The van der Waals surface area contributed by atoms with E-state index < -0.39 is 33.7 Å². The van der Waals surface area contributed by atoms with Gasteiger partial charge in [0.1, 0.15) is 15.9 Å². The third-order valence-electron chi connectivity index (χ3n) is 8.02. The van der Waals surface area contributed by atoms with E-state index in [9.17, 15) is 18.0 Å². The Morgan fingerprint density at radius 2 is 1.77 bits per heavy atom. The van der Waals surface area contributed by atoms with Gasteiger partial charge >= 0.3 is 6.09 Å². The second-order valence-electron chi connectivity index (χ2n) is 12.6. The minimum Gasteiger partial charge on any atom is -0.481 e. The van der Waals surface area contributed by atoms with Crippen molar-refractivity contribution in [2.45, 2.75) is 88.2 Å². The Morgan fingerprint density at radius 3 is 2.45 bits per heavy atom. The van der Waals surface area contributed by atoms with Crippen molar-refractivity contribution in [2.24, 2.45) is 5.92 Å². The molecular weight excluding hydrogens is 603 g/mol. The van der Waals surface area contributed by atoms with E-state index in [0.717, 1.165) is 31.2 Å². The fourth-order valence-electron chi connectivity index (χ4n) is 5.87. The minimum atomic E-state index is -3.85. The molecule has 0 bridgehead atoms. The van der Waals surface area contributed by atoms with Crippen LogP contribution >= 0.6 is 11.3 Å². The zero-order chi connectivity index (χ0) is 31.5. The smallest absolute Gasteiger partial charge is 0.410 e. The molecule has 1 unspecified atom stereocenters. The fourth-order valence-corrected chi connectivity index (χ4v) is 7.96. The predicted molar refractivity (Wildman–Crippen MR) is 170 cm³/mol. The maximum Gasteiger partial charge on any atom is 0.410 e. The van der Waals surface area contributed by atoms with Crippen LogP contribution in [0.2, 0.25) is 0 Å². The summed E-state index contributed by atoms with van der Waals surface area (Å²) < 4.78 is 40.1. The van der Waals surface area contributed by atoms with Crippen LogP contribution in [0.1, 0.15) is 77.2 Å². The van der Waals surface area contributed by atoms with Crippen LogP contribution in [-0.2, 0) is 19.6 Å². The number of thiazole rings is 1. The van der Waals surface area contributed by atoms with E-state index in [0.29, 0.717) is 53.1 Å². The van der Waals surface area contributed by atoms with Gasteiger partial charge in [-0.1, -0.05) is 49.2 Å². The van der Waals surface area contributed by atoms with E-state index in [4.69, 9.17) is 9.47 Å². The first-order valence-electron chi connectivity index (χ1n) is 15.1. The number of pyridine rings is 1. The number of carbonyl (C=O) groups excluding carboxylic acids is 2. The number of ether oxygens (including phenoxy) is 2. The molecule has 44 heavy (non-hydrogen) atoms. The molecule has 5 rings (SSSR count). The molecule has 11 nitrogen and oxygen atoms in total. The highest BCUT2D eigenvalue weighted by molar-refractivity contribution is 7.89. The maximum absolute atomic E-state index is 13.7. The molecule has 1 saturated heterocycles. The van der Waals surface area contributed by atoms with Crippen molar-refractivity contribution < 1.29 is 27.5 Å². The van der Waals surface area contributed by atoms with Crippen LogP contribution in [0.3, 0.4) is 0 Å². The molecule has 3 aromatic rings. The summed E-state index contributed by atoms with van der Waals surface area (Å²) in [7, 11) is -2.30. The molecule has 1 aliphatic heterocycles. The fraction of sp³-hybridized carbons (Fsp3) is 0.548. The van der Waals surface area contributed by atoms with Gasteiger partial charge in [0, 0.05) is 25.2 Å². The summed E-state index contributed by atoms with van der Waals surface area (Å²) in [6.07, 6.45) is 5.98. The Kier molecular flexibility index (Phi) is 9.76.